The Morgan fingerprint density at radius 1 is 1.00 bits per heavy atom. The van der Waals surface area contributed by atoms with Gasteiger partial charge in [0.1, 0.15) is 0 Å². The zero-order valence-electron chi connectivity index (χ0n) is 9.22. The fourth-order valence-corrected chi connectivity index (χ4v) is 2.89. The SMILES string of the molecule is CC(C)C(C)C1CCCCCC1Cl. The van der Waals surface area contributed by atoms with Gasteiger partial charge in [-0.2, -0.15) is 0 Å². The first-order valence-electron chi connectivity index (χ1n) is 5.77. The molecule has 1 aliphatic rings. The molecule has 1 saturated carbocycles. The molecule has 3 unspecified atom stereocenters. The lowest BCUT2D eigenvalue weighted by atomic mass is 9.80. The summed E-state index contributed by atoms with van der Waals surface area (Å²) in [5.74, 6) is 2.34. The third-order valence-corrected chi connectivity index (χ3v) is 4.25. The molecule has 0 aromatic rings. The maximum atomic E-state index is 6.43. The zero-order valence-corrected chi connectivity index (χ0v) is 9.98. The molecule has 0 radical (unpaired) electrons. The van der Waals surface area contributed by atoms with E-state index in [9.17, 15) is 0 Å². The van der Waals surface area contributed by atoms with Gasteiger partial charge in [0.15, 0.2) is 0 Å². The van der Waals surface area contributed by atoms with E-state index in [0.717, 1.165) is 17.8 Å². The lowest BCUT2D eigenvalue weighted by molar-refractivity contribution is 0.255. The first-order valence-corrected chi connectivity index (χ1v) is 6.20. The Bertz CT molecular complexity index is 142. The van der Waals surface area contributed by atoms with Crippen LogP contribution in [0.3, 0.4) is 0 Å². The normalized spacial score (nSPS) is 33.0. The van der Waals surface area contributed by atoms with Crippen molar-refractivity contribution in [3.05, 3.63) is 0 Å². The lowest BCUT2D eigenvalue weighted by Crippen LogP contribution is -2.24. The fraction of sp³-hybridized carbons (Fsp3) is 1.00. The van der Waals surface area contributed by atoms with Crippen molar-refractivity contribution in [3.8, 4) is 0 Å². The van der Waals surface area contributed by atoms with Gasteiger partial charge in [0.25, 0.3) is 0 Å². The van der Waals surface area contributed by atoms with Crippen LogP contribution in [0.5, 0.6) is 0 Å². The molecular weight excluding hydrogens is 180 g/mol. The summed E-state index contributed by atoms with van der Waals surface area (Å²) in [6.45, 7) is 7.01. The van der Waals surface area contributed by atoms with E-state index in [1.165, 1.54) is 32.1 Å². The summed E-state index contributed by atoms with van der Waals surface area (Å²) in [5, 5.41) is 0.444. The summed E-state index contributed by atoms with van der Waals surface area (Å²) in [5.41, 5.74) is 0. The van der Waals surface area contributed by atoms with E-state index in [1.54, 1.807) is 0 Å². The van der Waals surface area contributed by atoms with Crippen LogP contribution in [0.25, 0.3) is 0 Å². The Morgan fingerprint density at radius 3 is 2.23 bits per heavy atom. The van der Waals surface area contributed by atoms with Gasteiger partial charge in [-0.15, -0.1) is 11.6 Å². The quantitative estimate of drug-likeness (QED) is 0.458. The van der Waals surface area contributed by atoms with Crippen molar-refractivity contribution >= 4 is 11.6 Å². The summed E-state index contributed by atoms with van der Waals surface area (Å²) < 4.78 is 0. The molecule has 1 heteroatoms. The average Bonchev–Trinajstić information content (AvgIpc) is 2.28. The van der Waals surface area contributed by atoms with Crippen LogP contribution in [0.15, 0.2) is 0 Å². The lowest BCUT2D eigenvalue weighted by Gasteiger charge is -2.29. The van der Waals surface area contributed by atoms with Crippen LogP contribution in [0.2, 0.25) is 0 Å². The van der Waals surface area contributed by atoms with E-state index in [2.05, 4.69) is 20.8 Å². The third kappa shape index (κ3) is 3.16. The van der Waals surface area contributed by atoms with Crippen LogP contribution in [-0.4, -0.2) is 5.38 Å². The largest absolute Gasteiger partial charge is 0.123 e. The molecule has 0 saturated heterocycles. The van der Waals surface area contributed by atoms with E-state index < -0.39 is 0 Å². The summed E-state index contributed by atoms with van der Waals surface area (Å²) in [7, 11) is 0. The summed E-state index contributed by atoms with van der Waals surface area (Å²) >= 11 is 6.43. The van der Waals surface area contributed by atoms with Crippen molar-refractivity contribution in [3.63, 3.8) is 0 Å². The van der Waals surface area contributed by atoms with E-state index in [0.29, 0.717) is 5.38 Å². The maximum Gasteiger partial charge on any atom is 0.0366 e. The molecule has 13 heavy (non-hydrogen) atoms. The van der Waals surface area contributed by atoms with Gasteiger partial charge in [-0.25, -0.2) is 0 Å². The molecule has 0 N–H and O–H groups in total. The molecule has 3 atom stereocenters. The van der Waals surface area contributed by atoms with Crippen LogP contribution in [0.4, 0.5) is 0 Å². The maximum absolute atomic E-state index is 6.43. The third-order valence-electron chi connectivity index (χ3n) is 3.71. The molecule has 0 amide bonds. The van der Waals surface area contributed by atoms with Crippen molar-refractivity contribution in [2.24, 2.45) is 17.8 Å². The van der Waals surface area contributed by atoms with E-state index in [1.807, 2.05) is 0 Å². The molecule has 1 rings (SSSR count). The molecule has 0 spiro atoms. The second-order valence-electron chi connectivity index (χ2n) is 4.92. The van der Waals surface area contributed by atoms with Gasteiger partial charge in [0.2, 0.25) is 0 Å². The van der Waals surface area contributed by atoms with Crippen LogP contribution in [-0.2, 0) is 0 Å². The van der Waals surface area contributed by atoms with E-state index in [-0.39, 0.29) is 0 Å². The van der Waals surface area contributed by atoms with Crippen LogP contribution >= 0.6 is 11.6 Å². The zero-order chi connectivity index (χ0) is 9.84. The average molecular weight is 203 g/mol. The first-order chi connectivity index (χ1) is 6.13. The first kappa shape index (κ1) is 11.4. The Morgan fingerprint density at radius 2 is 1.62 bits per heavy atom. The van der Waals surface area contributed by atoms with Crippen molar-refractivity contribution in [1.29, 1.82) is 0 Å². The topological polar surface area (TPSA) is 0 Å². The Kier molecular flexibility index (Phi) is 4.58. The number of halogens is 1. The number of rotatable bonds is 2. The van der Waals surface area contributed by atoms with Gasteiger partial charge in [0, 0.05) is 5.38 Å². The van der Waals surface area contributed by atoms with Crippen molar-refractivity contribution in [2.45, 2.75) is 58.3 Å². The summed E-state index contributed by atoms with van der Waals surface area (Å²) in [6.07, 6.45) is 6.72. The number of alkyl halides is 1. The molecule has 1 fully saturated rings. The van der Waals surface area contributed by atoms with Gasteiger partial charge >= 0.3 is 0 Å². The fourth-order valence-electron chi connectivity index (χ4n) is 2.38. The predicted molar refractivity (Wildman–Crippen MR) is 60.2 cm³/mol. The smallest absolute Gasteiger partial charge is 0.0366 e. The Balaban J connectivity index is 2.53. The van der Waals surface area contributed by atoms with Crippen LogP contribution in [0.1, 0.15) is 52.9 Å². The second-order valence-corrected chi connectivity index (χ2v) is 5.48. The van der Waals surface area contributed by atoms with Gasteiger partial charge in [-0.05, 0) is 30.6 Å². The van der Waals surface area contributed by atoms with E-state index in [4.69, 9.17) is 11.6 Å². The van der Waals surface area contributed by atoms with Gasteiger partial charge in [-0.3, -0.25) is 0 Å². The van der Waals surface area contributed by atoms with Crippen LogP contribution in [0, 0.1) is 17.8 Å². The van der Waals surface area contributed by atoms with Crippen molar-refractivity contribution in [2.75, 3.05) is 0 Å². The number of hydrogen-bond donors (Lipinski definition) is 0. The summed E-state index contributed by atoms with van der Waals surface area (Å²) in [4.78, 5) is 0. The minimum Gasteiger partial charge on any atom is -0.123 e. The number of hydrogen-bond acceptors (Lipinski definition) is 0. The molecule has 0 nitrogen and oxygen atoms in total. The van der Waals surface area contributed by atoms with Crippen molar-refractivity contribution in [1.82, 2.24) is 0 Å². The van der Waals surface area contributed by atoms with Gasteiger partial charge in [-0.1, -0.05) is 40.0 Å². The second kappa shape index (κ2) is 5.24. The summed E-state index contributed by atoms with van der Waals surface area (Å²) in [6, 6.07) is 0. The molecule has 0 aromatic carbocycles. The van der Waals surface area contributed by atoms with E-state index >= 15 is 0 Å². The highest BCUT2D eigenvalue weighted by Crippen LogP contribution is 2.35. The minimum atomic E-state index is 0.444. The van der Waals surface area contributed by atoms with Crippen molar-refractivity contribution < 1.29 is 0 Å². The molecule has 0 aliphatic heterocycles. The Labute approximate surface area is 88.1 Å². The highest BCUT2D eigenvalue weighted by molar-refractivity contribution is 6.20. The molecule has 78 valence electrons. The van der Waals surface area contributed by atoms with Crippen LogP contribution < -0.4 is 0 Å². The standard InChI is InChI=1S/C12H23Cl/c1-9(2)10(3)11-7-5-4-6-8-12(11)13/h9-12H,4-8H2,1-3H3. The molecule has 1 aliphatic carbocycles. The highest BCUT2D eigenvalue weighted by Gasteiger charge is 2.28. The predicted octanol–water partition coefficient (Wildman–Crippen LogP) is 4.47. The molecule has 0 bridgehead atoms. The molecular formula is C12H23Cl. The molecule has 0 heterocycles. The van der Waals surface area contributed by atoms with Gasteiger partial charge < -0.3 is 0 Å². The molecule has 0 aromatic heterocycles. The highest BCUT2D eigenvalue weighted by atomic mass is 35.5. The monoisotopic (exact) mass is 202 g/mol. The minimum absolute atomic E-state index is 0.444. The Hall–Kier alpha value is 0.290. The van der Waals surface area contributed by atoms with Gasteiger partial charge in [0.05, 0.1) is 0 Å².